The van der Waals surface area contributed by atoms with Crippen LogP contribution in [0.4, 0.5) is 0 Å². The number of carbonyl (C=O) groups is 2. The van der Waals surface area contributed by atoms with Crippen LogP contribution in [0.5, 0.6) is 17.2 Å². The summed E-state index contributed by atoms with van der Waals surface area (Å²) >= 11 is 0. The quantitative estimate of drug-likeness (QED) is 0.145. The molecule has 11 unspecified atom stereocenters. The number of hydrogen-bond acceptors (Lipinski definition) is 15. The van der Waals surface area contributed by atoms with E-state index in [-0.39, 0.29) is 25.0 Å². The number of aromatic hydroxyl groups is 3. The fourth-order valence-corrected chi connectivity index (χ4v) is 7.82. The Kier molecular flexibility index (Phi) is 6.68. The van der Waals surface area contributed by atoms with E-state index in [0.717, 1.165) is 12.1 Å². The Balaban J connectivity index is 1.11. The minimum atomic E-state index is -1.81. The predicted octanol–water partition coefficient (Wildman–Crippen LogP) is -0.376. The van der Waals surface area contributed by atoms with Gasteiger partial charge in [0.1, 0.15) is 48.8 Å². The summed E-state index contributed by atoms with van der Waals surface area (Å²) in [6, 6.07) is 10.0. The number of aliphatic hydroxyl groups excluding tert-OH is 3. The lowest BCUT2D eigenvalue weighted by atomic mass is 9.41. The Morgan fingerprint density at radius 3 is 2.27 bits per heavy atom. The maximum atomic E-state index is 12.9. The topological polar surface area (TPSA) is 231 Å². The van der Waals surface area contributed by atoms with Gasteiger partial charge in [-0.1, -0.05) is 18.2 Å². The number of benzene rings is 2. The van der Waals surface area contributed by atoms with E-state index in [0.29, 0.717) is 5.56 Å². The van der Waals surface area contributed by atoms with Gasteiger partial charge in [0.15, 0.2) is 35.6 Å². The van der Waals surface area contributed by atoms with E-state index < -0.39 is 101 Å². The average molecular weight is 633 g/mol. The molecule has 45 heavy (non-hydrogen) atoms. The number of aliphatic hydroxyl groups is 4. The lowest BCUT2D eigenvalue weighted by Gasteiger charge is -2.67. The fraction of sp³-hybridized carbons (Fsp3) is 0.533. The number of hydrogen-bond donors (Lipinski definition) is 7. The van der Waals surface area contributed by atoms with E-state index >= 15 is 0 Å². The van der Waals surface area contributed by atoms with E-state index in [9.17, 15) is 45.3 Å². The maximum absolute atomic E-state index is 12.9. The van der Waals surface area contributed by atoms with Gasteiger partial charge in [-0.2, -0.15) is 0 Å². The van der Waals surface area contributed by atoms with Gasteiger partial charge in [-0.3, -0.25) is 0 Å². The molecule has 15 nitrogen and oxygen atoms in total. The lowest BCUT2D eigenvalue weighted by Crippen LogP contribution is -2.80. The first-order valence-corrected chi connectivity index (χ1v) is 14.3. The van der Waals surface area contributed by atoms with Crippen molar-refractivity contribution in [1.82, 2.24) is 0 Å². The molecular formula is C30H32O15. The first kappa shape index (κ1) is 30.1. The van der Waals surface area contributed by atoms with Crippen molar-refractivity contribution in [1.29, 1.82) is 0 Å². The highest BCUT2D eigenvalue weighted by Gasteiger charge is 2.94. The van der Waals surface area contributed by atoms with Crippen molar-refractivity contribution >= 4 is 11.9 Å². The molecule has 2 aromatic rings. The van der Waals surface area contributed by atoms with Crippen molar-refractivity contribution in [3.63, 3.8) is 0 Å². The van der Waals surface area contributed by atoms with E-state index in [1.807, 2.05) is 0 Å². The van der Waals surface area contributed by atoms with E-state index in [1.165, 1.54) is 0 Å². The van der Waals surface area contributed by atoms with Crippen LogP contribution in [0, 0.1) is 11.3 Å². The number of esters is 2. The molecule has 11 atom stereocenters. The van der Waals surface area contributed by atoms with Crippen molar-refractivity contribution in [3.8, 4) is 17.2 Å². The standard InChI is InChI=1S/C30H32O15/c1-27-11-29(39)18-9-30(27,28(18,26(44-27)45-29)12-41-23(37)13-5-3-2-4-6-13)43-25-22(36)21(35)20(34)17(42-25)10-40-24(38)14-7-15(31)19(33)16(32)8-14/h2-8,17-18,20-22,25-26,31-36,39H,9-12H2,1H3. The number of ether oxygens (including phenoxy) is 6. The van der Waals surface area contributed by atoms with Gasteiger partial charge in [-0.05, 0) is 37.6 Å². The zero-order valence-corrected chi connectivity index (χ0v) is 23.8. The van der Waals surface area contributed by atoms with Crippen LogP contribution in [0.25, 0.3) is 0 Å². The molecule has 7 N–H and O–H groups in total. The first-order chi connectivity index (χ1) is 21.3. The molecule has 3 saturated carbocycles. The second kappa shape index (κ2) is 9.98. The summed E-state index contributed by atoms with van der Waals surface area (Å²) in [5.41, 5.74) is -3.78. The Labute approximate surface area is 255 Å². The van der Waals surface area contributed by atoms with Gasteiger partial charge in [-0.15, -0.1) is 0 Å². The molecule has 4 aliphatic heterocycles. The highest BCUT2D eigenvalue weighted by atomic mass is 16.8. The minimum Gasteiger partial charge on any atom is -0.504 e. The molecule has 4 heterocycles. The summed E-state index contributed by atoms with van der Waals surface area (Å²) in [5, 5.41) is 72.6. The van der Waals surface area contributed by atoms with Crippen LogP contribution >= 0.6 is 0 Å². The van der Waals surface area contributed by atoms with Gasteiger partial charge in [0.05, 0.1) is 16.5 Å². The van der Waals surface area contributed by atoms with Gasteiger partial charge in [0, 0.05) is 12.3 Å². The molecule has 0 amide bonds. The molecule has 7 fully saturated rings. The van der Waals surface area contributed by atoms with Crippen molar-refractivity contribution in [3.05, 3.63) is 53.6 Å². The van der Waals surface area contributed by atoms with Crippen LogP contribution in [0.1, 0.15) is 40.5 Å². The normalized spacial score (nSPS) is 42.3. The summed E-state index contributed by atoms with van der Waals surface area (Å²) in [5.74, 6) is -6.19. The van der Waals surface area contributed by atoms with E-state index in [2.05, 4.69) is 0 Å². The van der Waals surface area contributed by atoms with Crippen LogP contribution in [0.3, 0.4) is 0 Å². The van der Waals surface area contributed by atoms with Crippen LogP contribution in [-0.2, 0) is 28.4 Å². The van der Waals surface area contributed by atoms with E-state index in [4.69, 9.17) is 28.4 Å². The smallest absolute Gasteiger partial charge is 0.338 e. The third-order valence-electron chi connectivity index (χ3n) is 10.1. The fourth-order valence-electron chi connectivity index (χ4n) is 7.82. The SMILES string of the molecule is CC12CC3(O)OC(O1)C1(COC(=O)c4ccccc4)C3CC21OC1OC(COC(=O)c2cc(O)c(O)c(O)c2)C(O)C(O)C1O. The largest absolute Gasteiger partial charge is 0.504 e. The summed E-state index contributed by atoms with van der Waals surface area (Å²) < 4.78 is 35.3. The van der Waals surface area contributed by atoms with E-state index in [1.54, 1.807) is 37.3 Å². The van der Waals surface area contributed by atoms with Gasteiger partial charge >= 0.3 is 11.9 Å². The Morgan fingerprint density at radius 2 is 1.58 bits per heavy atom. The highest BCUT2D eigenvalue weighted by molar-refractivity contribution is 5.91. The molecule has 0 aromatic heterocycles. The summed E-state index contributed by atoms with van der Waals surface area (Å²) in [4.78, 5) is 25.5. The van der Waals surface area contributed by atoms with Crippen LogP contribution in [0.15, 0.2) is 42.5 Å². The Morgan fingerprint density at radius 1 is 0.911 bits per heavy atom. The second-order valence-electron chi connectivity index (χ2n) is 12.5. The zero-order valence-electron chi connectivity index (χ0n) is 23.8. The molecule has 4 saturated heterocycles. The molecule has 0 radical (unpaired) electrons. The minimum absolute atomic E-state index is 0.00307. The summed E-state index contributed by atoms with van der Waals surface area (Å²) in [7, 11) is 0. The molecule has 2 aromatic carbocycles. The monoisotopic (exact) mass is 632 g/mol. The van der Waals surface area contributed by atoms with Gasteiger partial charge in [0.2, 0.25) is 0 Å². The summed E-state index contributed by atoms with van der Waals surface area (Å²) in [6.45, 7) is 0.780. The van der Waals surface area contributed by atoms with Crippen LogP contribution < -0.4 is 0 Å². The molecular weight excluding hydrogens is 600 g/mol. The van der Waals surface area contributed by atoms with Crippen molar-refractivity contribution < 1.29 is 73.8 Å². The van der Waals surface area contributed by atoms with Crippen molar-refractivity contribution in [2.45, 2.75) is 73.8 Å². The lowest BCUT2D eigenvalue weighted by molar-refractivity contribution is -0.424. The highest BCUT2D eigenvalue weighted by Crippen LogP contribution is 2.81. The van der Waals surface area contributed by atoms with Gasteiger partial charge in [-0.25, -0.2) is 9.59 Å². The number of phenols is 3. The second-order valence-corrected chi connectivity index (χ2v) is 12.5. The Hall–Kier alpha value is -3.54. The third kappa shape index (κ3) is 4.06. The number of rotatable bonds is 8. The number of phenolic OH excluding ortho intramolecular Hbond substituents is 3. The maximum Gasteiger partial charge on any atom is 0.338 e. The van der Waals surface area contributed by atoms with Crippen molar-refractivity contribution in [2.75, 3.05) is 13.2 Å². The molecule has 0 spiro atoms. The number of carbonyl (C=O) groups excluding carboxylic acids is 2. The van der Waals surface area contributed by atoms with Gasteiger partial charge in [0.25, 0.3) is 0 Å². The molecule has 7 aliphatic rings. The molecule has 9 rings (SSSR count). The molecule has 3 aliphatic carbocycles. The average Bonchev–Trinajstić information content (AvgIpc) is 3.20. The molecule has 242 valence electrons. The first-order valence-electron chi connectivity index (χ1n) is 14.3. The summed E-state index contributed by atoms with van der Waals surface area (Å²) in [6.07, 6.45) is -9.21. The van der Waals surface area contributed by atoms with Crippen LogP contribution in [0.2, 0.25) is 0 Å². The zero-order chi connectivity index (χ0) is 32.1. The van der Waals surface area contributed by atoms with Crippen molar-refractivity contribution in [2.24, 2.45) is 11.3 Å². The van der Waals surface area contributed by atoms with Gasteiger partial charge < -0.3 is 64.2 Å². The Bertz CT molecular complexity index is 1510. The predicted molar refractivity (Wildman–Crippen MR) is 143 cm³/mol. The molecule has 15 heteroatoms. The van der Waals surface area contributed by atoms with Crippen LogP contribution in [-0.4, -0.2) is 115 Å². The third-order valence-corrected chi connectivity index (χ3v) is 10.1. The molecule has 6 bridgehead atoms.